The third kappa shape index (κ3) is 3.76. The first-order valence-corrected chi connectivity index (χ1v) is 16.4. The first kappa shape index (κ1) is 29.6. The molecule has 0 aromatic heterocycles. The molecule has 228 valence electrons. The van der Waals surface area contributed by atoms with Crippen LogP contribution >= 0.6 is 0 Å². The lowest BCUT2D eigenvalue weighted by molar-refractivity contribution is -0.205. The minimum atomic E-state index is -0.686. The van der Waals surface area contributed by atoms with E-state index in [0.717, 1.165) is 38.5 Å². The van der Waals surface area contributed by atoms with Crippen LogP contribution in [0.3, 0.4) is 0 Å². The van der Waals surface area contributed by atoms with Crippen molar-refractivity contribution in [1.29, 1.82) is 0 Å². The minimum Gasteiger partial charge on any atom is -0.481 e. The van der Waals surface area contributed by atoms with E-state index < -0.39 is 16.8 Å². The molecule has 1 aromatic carbocycles. The first-order chi connectivity index (χ1) is 19.6. The van der Waals surface area contributed by atoms with E-state index in [1.54, 1.807) is 12.1 Å². The molecule has 5 aliphatic rings. The smallest absolute Gasteiger partial charge is 0.338 e. The summed E-state index contributed by atoms with van der Waals surface area (Å²) in [6.45, 7) is 15.9. The number of benzene rings is 1. The van der Waals surface area contributed by atoms with Gasteiger partial charge < -0.3 is 9.84 Å². The summed E-state index contributed by atoms with van der Waals surface area (Å²) in [5, 5.41) is 10.6. The largest absolute Gasteiger partial charge is 0.481 e. The molecule has 0 spiro atoms. The number of ether oxygens (including phenoxy) is 1. The summed E-state index contributed by atoms with van der Waals surface area (Å²) in [6, 6.07) is 9.14. The van der Waals surface area contributed by atoms with E-state index in [0.29, 0.717) is 41.9 Å². The average Bonchev–Trinajstić information content (AvgIpc) is 2.92. The molecule has 42 heavy (non-hydrogen) atoms. The van der Waals surface area contributed by atoms with Crippen LogP contribution in [0, 0.1) is 56.7 Å². The monoisotopic (exact) mass is 574 g/mol. The number of aliphatic carboxylic acids is 1. The van der Waals surface area contributed by atoms with E-state index >= 15 is 0 Å². The van der Waals surface area contributed by atoms with E-state index in [-0.39, 0.29) is 40.2 Å². The van der Waals surface area contributed by atoms with E-state index in [1.807, 2.05) is 18.2 Å². The van der Waals surface area contributed by atoms with Gasteiger partial charge in [0.05, 0.1) is 11.0 Å². The number of rotatable bonds is 3. The van der Waals surface area contributed by atoms with E-state index in [2.05, 4.69) is 54.5 Å². The summed E-state index contributed by atoms with van der Waals surface area (Å²) in [5.41, 5.74) is 0.0363. The van der Waals surface area contributed by atoms with E-state index in [9.17, 15) is 19.5 Å². The Bertz CT molecular complexity index is 1330. The Morgan fingerprint density at radius 1 is 0.929 bits per heavy atom. The molecule has 4 saturated carbocycles. The predicted molar refractivity (Wildman–Crippen MR) is 163 cm³/mol. The maximum atomic E-state index is 14.5. The summed E-state index contributed by atoms with van der Waals surface area (Å²) < 4.78 is 6.16. The van der Waals surface area contributed by atoms with Crippen LogP contribution in [-0.4, -0.2) is 28.9 Å². The third-order valence-electron chi connectivity index (χ3n) is 14.2. The molecular weight excluding hydrogens is 524 g/mol. The van der Waals surface area contributed by atoms with Crippen LogP contribution in [0.15, 0.2) is 42.0 Å². The van der Waals surface area contributed by atoms with Gasteiger partial charge in [0.25, 0.3) is 0 Å². The number of carboxylic acid groups (broad SMARTS) is 1. The average molecular weight is 575 g/mol. The van der Waals surface area contributed by atoms with Crippen molar-refractivity contribution in [3.05, 3.63) is 47.5 Å². The highest BCUT2D eigenvalue weighted by molar-refractivity contribution is 5.90. The summed E-state index contributed by atoms with van der Waals surface area (Å²) in [7, 11) is 0. The number of ketones is 1. The number of fused-ring (bicyclic) bond motifs is 7. The molecule has 0 amide bonds. The molecule has 5 aliphatic carbocycles. The normalized spacial score (nSPS) is 45.8. The minimum absolute atomic E-state index is 0.0282. The molecule has 6 rings (SSSR count). The van der Waals surface area contributed by atoms with Gasteiger partial charge in [0.1, 0.15) is 11.9 Å². The zero-order valence-corrected chi connectivity index (χ0v) is 26.7. The van der Waals surface area contributed by atoms with Gasteiger partial charge in [0.2, 0.25) is 0 Å². The van der Waals surface area contributed by atoms with Crippen molar-refractivity contribution in [3.63, 3.8) is 0 Å². The van der Waals surface area contributed by atoms with Gasteiger partial charge in [-0.2, -0.15) is 0 Å². The highest BCUT2D eigenvalue weighted by Crippen LogP contribution is 2.75. The Morgan fingerprint density at radius 3 is 2.29 bits per heavy atom. The third-order valence-corrected chi connectivity index (χ3v) is 14.2. The molecule has 0 saturated heterocycles. The lowest BCUT2D eigenvalue weighted by atomic mass is 9.33. The second-order valence-electron chi connectivity index (χ2n) is 16.2. The molecule has 10 unspecified atom stereocenters. The van der Waals surface area contributed by atoms with Gasteiger partial charge in [-0.25, -0.2) is 4.79 Å². The van der Waals surface area contributed by atoms with Gasteiger partial charge in [-0.15, -0.1) is 0 Å². The van der Waals surface area contributed by atoms with Crippen LogP contribution in [0.4, 0.5) is 0 Å². The van der Waals surface area contributed by atoms with Crippen LogP contribution in [0.25, 0.3) is 0 Å². The Balaban J connectivity index is 1.37. The molecule has 1 N–H and O–H groups in total. The van der Waals surface area contributed by atoms with Gasteiger partial charge in [0, 0.05) is 17.8 Å². The van der Waals surface area contributed by atoms with Crippen LogP contribution < -0.4 is 0 Å². The molecular formula is C37H50O5. The summed E-state index contributed by atoms with van der Waals surface area (Å²) in [4.78, 5) is 40.6. The maximum Gasteiger partial charge on any atom is 0.338 e. The number of Topliss-reactive ketones (excluding diaryl/α,β-unsaturated/α-hetero) is 1. The Labute approximate surface area is 251 Å². The Hall–Kier alpha value is -2.43. The number of carbonyl (C=O) groups is 3. The van der Waals surface area contributed by atoms with Crippen LogP contribution in [-0.2, 0) is 14.3 Å². The van der Waals surface area contributed by atoms with Crippen LogP contribution in [0.5, 0.6) is 0 Å². The van der Waals surface area contributed by atoms with Crippen LogP contribution in [0.1, 0.15) is 110 Å². The standard InChI is InChI=1S/C37H50O5/c1-22-15-18-37(32(40)41)20-19-35(6)25(29(37)23(22)2)13-14-27-34(5)17-16-28(42-31(39)24-11-9-8-10-12-24)33(3,4)30(34)26(38)21-36(27,35)7/h8-13,22-23,27-30H,14-21H2,1-7H3,(H,40,41). The van der Waals surface area contributed by atoms with Gasteiger partial charge in [-0.05, 0) is 97.0 Å². The fourth-order valence-electron chi connectivity index (χ4n) is 11.7. The summed E-state index contributed by atoms with van der Waals surface area (Å²) in [6.07, 6.45) is 8.35. The molecule has 0 heterocycles. The summed E-state index contributed by atoms with van der Waals surface area (Å²) in [5.74, 6) is 0.281. The van der Waals surface area contributed by atoms with Crippen LogP contribution in [0.2, 0.25) is 0 Å². The SMILES string of the molecule is CC1CCC2(C(=O)O)CCC3(C)C(=CCC4C5(C)CCC(OC(=O)c6ccccc6)C(C)(C)C5C(=O)CC43C)C2C1C. The number of carbonyl (C=O) groups excluding carboxylic acids is 2. The molecule has 0 aliphatic heterocycles. The molecule has 10 atom stereocenters. The number of carboxylic acids is 1. The van der Waals surface area contributed by atoms with Gasteiger partial charge in [0.15, 0.2) is 0 Å². The molecule has 5 nitrogen and oxygen atoms in total. The van der Waals surface area contributed by atoms with Crippen molar-refractivity contribution in [1.82, 2.24) is 0 Å². The fraction of sp³-hybridized carbons (Fsp3) is 0.703. The number of hydrogen-bond donors (Lipinski definition) is 1. The Kier molecular flexibility index (Phi) is 6.73. The molecule has 0 radical (unpaired) electrons. The van der Waals surface area contributed by atoms with Crippen molar-refractivity contribution in [2.45, 2.75) is 106 Å². The summed E-state index contributed by atoms with van der Waals surface area (Å²) >= 11 is 0. The quantitative estimate of drug-likeness (QED) is 0.291. The highest BCUT2D eigenvalue weighted by atomic mass is 16.5. The first-order valence-electron chi connectivity index (χ1n) is 16.4. The lowest BCUT2D eigenvalue weighted by Crippen LogP contribution is -2.68. The lowest BCUT2D eigenvalue weighted by Gasteiger charge is -2.70. The second-order valence-corrected chi connectivity index (χ2v) is 16.2. The molecule has 0 bridgehead atoms. The van der Waals surface area contributed by atoms with Crippen molar-refractivity contribution in [2.75, 3.05) is 0 Å². The Morgan fingerprint density at radius 2 is 1.62 bits per heavy atom. The molecule has 4 fully saturated rings. The number of hydrogen-bond acceptors (Lipinski definition) is 4. The zero-order valence-electron chi connectivity index (χ0n) is 26.7. The molecule has 1 aromatic rings. The maximum absolute atomic E-state index is 14.5. The zero-order chi connectivity index (χ0) is 30.5. The number of allylic oxidation sites excluding steroid dienone is 2. The van der Waals surface area contributed by atoms with Crippen molar-refractivity contribution >= 4 is 17.7 Å². The van der Waals surface area contributed by atoms with Gasteiger partial charge in [-0.3, -0.25) is 9.59 Å². The highest BCUT2D eigenvalue weighted by Gasteiger charge is 2.71. The van der Waals surface area contributed by atoms with Crippen molar-refractivity contribution in [2.24, 2.45) is 56.7 Å². The van der Waals surface area contributed by atoms with Gasteiger partial charge in [-0.1, -0.05) is 78.3 Å². The second kappa shape index (κ2) is 9.53. The topological polar surface area (TPSA) is 80.7 Å². The van der Waals surface area contributed by atoms with Crippen molar-refractivity contribution < 1.29 is 24.2 Å². The predicted octanol–water partition coefficient (Wildman–Crippen LogP) is 8.13. The van der Waals surface area contributed by atoms with E-state index in [1.165, 1.54) is 5.57 Å². The fourth-order valence-corrected chi connectivity index (χ4v) is 11.7. The van der Waals surface area contributed by atoms with Gasteiger partial charge >= 0.3 is 11.9 Å². The molecule has 5 heteroatoms. The van der Waals surface area contributed by atoms with E-state index in [4.69, 9.17) is 4.74 Å². The van der Waals surface area contributed by atoms with Crippen molar-refractivity contribution in [3.8, 4) is 0 Å². The number of esters is 1.